The second kappa shape index (κ2) is 5.16. The summed E-state index contributed by atoms with van der Waals surface area (Å²) in [5, 5.41) is 13.0. The third-order valence-corrected chi connectivity index (χ3v) is 3.03. The third-order valence-electron chi connectivity index (χ3n) is 3.03. The standard InChI is InChI=1S/C14H17N3O4/c1-8-5-6-17(11(18)10(8)12(19)20)7-9-15-13(16-21-9)14(2,3)4/h5-6H,7H2,1-4H3,(H,19,20). The van der Waals surface area contributed by atoms with E-state index < -0.39 is 11.5 Å². The minimum absolute atomic E-state index is 0.0441. The van der Waals surface area contributed by atoms with Crippen molar-refractivity contribution in [2.75, 3.05) is 0 Å². The molecule has 0 aromatic carbocycles. The van der Waals surface area contributed by atoms with Gasteiger partial charge in [-0.05, 0) is 18.6 Å². The number of rotatable bonds is 3. The highest BCUT2D eigenvalue weighted by Crippen LogP contribution is 2.18. The molecule has 7 heteroatoms. The lowest BCUT2D eigenvalue weighted by Gasteiger charge is -2.11. The smallest absolute Gasteiger partial charge is 0.341 e. The van der Waals surface area contributed by atoms with E-state index in [4.69, 9.17) is 9.63 Å². The fourth-order valence-corrected chi connectivity index (χ4v) is 1.82. The Morgan fingerprint density at radius 1 is 1.43 bits per heavy atom. The van der Waals surface area contributed by atoms with Crippen LogP contribution >= 0.6 is 0 Å². The van der Waals surface area contributed by atoms with Crippen molar-refractivity contribution in [2.45, 2.75) is 39.7 Å². The van der Waals surface area contributed by atoms with Crippen LogP contribution in [0.3, 0.4) is 0 Å². The first-order valence-electron chi connectivity index (χ1n) is 6.46. The average molecular weight is 291 g/mol. The summed E-state index contributed by atoms with van der Waals surface area (Å²) < 4.78 is 6.36. The first-order chi connectivity index (χ1) is 9.70. The zero-order valence-corrected chi connectivity index (χ0v) is 12.4. The molecule has 0 saturated heterocycles. The molecule has 0 bridgehead atoms. The second-order valence-corrected chi connectivity index (χ2v) is 5.87. The van der Waals surface area contributed by atoms with E-state index in [0.29, 0.717) is 11.4 Å². The molecule has 2 heterocycles. The summed E-state index contributed by atoms with van der Waals surface area (Å²) in [5.74, 6) is -0.439. The van der Waals surface area contributed by atoms with Gasteiger partial charge in [-0.1, -0.05) is 25.9 Å². The molecule has 2 rings (SSSR count). The molecule has 2 aromatic heterocycles. The molecule has 2 aromatic rings. The minimum atomic E-state index is -1.24. The molecular formula is C14H17N3O4. The maximum absolute atomic E-state index is 12.1. The fourth-order valence-electron chi connectivity index (χ4n) is 1.82. The zero-order valence-electron chi connectivity index (χ0n) is 12.4. The van der Waals surface area contributed by atoms with Crippen molar-refractivity contribution in [3.05, 3.63) is 45.5 Å². The Bertz CT molecular complexity index is 737. The molecule has 0 aliphatic rings. The molecule has 0 aliphatic heterocycles. The molecular weight excluding hydrogens is 274 g/mol. The van der Waals surface area contributed by atoms with E-state index >= 15 is 0 Å². The highest BCUT2D eigenvalue weighted by molar-refractivity contribution is 5.88. The first-order valence-corrected chi connectivity index (χ1v) is 6.46. The van der Waals surface area contributed by atoms with E-state index in [0.717, 1.165) is 0 Å². The van der Waals surface area contributed by atoms with Crippen LogP contribution < -0.4 is 5.56 Å². The summed E-state index contributed by atoms with van der Waals surface area (Å²) in [7, 11) is 0. The summed E-state index contributed by atoms with van der Waals surface area (Å²) in [6.45, 7) is 7.47. The van der Waals surface area contributed by atoms with Gasteiger partial charge in [0.05, 0.1) is 0 Å². The second-order valence-electron chi connectivity index (χ2n) is 5.87. The number of carboxylic acids is 1. The lowest BCUT2D eigenvalue weighted by molar-refractivity contribution is 0.0693. The van der Waals surface area contributed by atoms with E-state index in [1.807, 2.05) is 20.8 Å². The number of aromatic carboxylic acids is 1. The normalized spacial score (nSPS) is 11.6. The van der Waals surface area contributed by atoms with Gasteiger partial charge in [-0.15, -0.1) is 0 Å². The van der Waals surface area contributed by atoms with Crippen LogP contribution in [0.1, 0.15) is 48.4 Å². The van der Waals surface area contributed by atoms with Crippen molar-refractivity contribution in [1.29, 1.82) is 0 Å². The fraction of sp³-hybridized carbons (Fsp3) is 0.429. The quantitative estimate of drug-likeness (QED) is 0.922. The number of pyridine rings is 1. The Labute approximate surface area is 121 Å². The summed E-state index contributed by atoms with van der Waals surface area (Å²) in [6.07, 6.45) is 1.52. The lowest BCUT2D eigenvalue weighted by atomic mass is 9.96. The van der Waals surface area contributed by atoms with Gasteiger partial charge in [-0.25, -0.2) is 4.79 Å². The van der Waals surface area contributed by atoms with Crippen LogP contribution in [0.2, 0.25) is 0 Å². The Balaban J connectivity index is 2.37. The summed E-state index contributed by atoms with van der Waals surface area (Å²) >= 11 is 0. The molecule has 21 heavy (non-hydrogen) atoms. The Morgan fingerprint density at radius 2 is 2.10 bits per heavy atom. The molecule has 0 saturated carbocycles. The van der Waals surface area contributed by atoms with Gasteiger partial charge < -0.3 is 14.2 Å². The van der Waals surface area contributed by atoms with Gasteiger partial charge in [0.15, 0.2) is 5.82 Å². The van der Waals surface area contributed by atoms with Crippen molar-refractivity contribution >= 4 is 5.97 Å². The Hall–Kier alpha value is -2.44. The van der Waals surface area contributed by atoms with Crippen LogP contribution in [0.5, 0.6) is 0 Å². The largest absolute Gasteiger partial charge is 0.477 e. The topological polar surface area (TPSA) is 98.2 Å². The van der Waals surface area contributed by atoms with E-state index in [1.165, 1.54) is 10.8 Å². The van der Waals surface area contributed by atoms with Crippen LogP contribution in [-0.2, 0) is 12.0 Å². The number of aromatic nitrogens is 3. The molecule has 0 unspecified atom stereocenters. The van der Waals surface area contributed by atoms with Crippen LogP contribution in [0.15, 0.2) is 21.6 Å². The van der Waals surface area contributed by atoms with Gasteiger partial charge in [-0.3, -0.25) is 4.79 Å². The first kappa shape index (κ1) is 15.0. The molecule has 0 fully saturated rings. The average Bonchev–Trinajstić information content (AvgIpc) is 2.81. The van der Waals surface area contributed by atoms with Gasteiger partial charge in [0, 0.05) is 11.6 Å². The van der Waals surface area contributed by atoms with Gasteiger partial charge in [-0.2, -0.15) is 4.98 Å². The van der Waals surface area contributed by atoms with Crippen molar-refractivity contribution in [3.8, 4) is 0 Å². The lowest BCUT2D eigenvalue weighted by Crippen LogP contribution is -2.27. The van der Waals surface area contributed by atoms with Crippen molar-refractivity contribution < 1.29 is 14.4 Å². The van der Waals surface area contributed by atoms with Crippen LogP contribution in [0.4, 0.5) is 0 Å². The van der Waals surface area contributed by atoms with Crippen molar-refractivity contribution in [1.82, 2.24) is 14.7 Å². The van der Waals surface area contributed by atoms with Gasteiger partial charge in [0.1, 0.15) is 12.1 Å². The zero-order chi connectivity index (χ0) is 15.8. The highest BCUT2D eigenvalue weighted by atomic mass is 16.5. The SMILES string of the molecule is Cc1ccn(Cc2nc(C(C)(C)C)no2)c(=O)c1C(=O)O. The number of carboxylic acid groups (broad SMARTS) is 1. The predicted molar refractivity (Wildman–Crippen MR) is 74.5 cm³/mol. The number of hydrogen-bond acceptors (Lipinski definition) is 5. The van der Waals surface area contributed by atoms with Gasteiger partial charge in [0.25, 0.3) is 5.56 Å². The molecule has 0 aliphatic carbocycles. The molecule has 7 nitrogen and oxygen atoms in total. The molecule has 0 atom stereocenters. The summed E-state index contributed by atoms with van der Waals surface area (Å²) in [5.41, 5.74) is -0.664. The van der Waals surface area contributed by atoms with Crippen molar-refractivity contribution in [2.24, 2.45) is 0 Å². The van der Waals surface area contributed by atoms with E-state index in [9.17, 15) is 9.59 Å². The van der Waals surface area contributed by atoms with Crippen LogP contribution in [-0.4, -0.2) is 25.8 Å². The number of hydrogen-bond donors (Lipinski definition) is 1. The van der Waals surface area contributed by atoms with E-state index in [2.05, 4.69) is 10.1 Å². The minimum Gasteiger partial charge on any atom is -0.477 e. The summed E-state index contributed by atoms with van der Waals surface area (Å²) in [4.78, 5) is 27.5. The monoisotopic (exact) mass is 291 g/mol. The molecule has 1 N–H and O–H groups in total. The predicted octanol–water partition coefficient (Wildman–Crippen LogP) is 1.58. The molecule has 112 valence electrons. The summed E-state index contributed by atoms with van der Waals surface area (Å²) in [6, 6.07) is 1.58. The highest BCUT2D eigenvalue weighted by Gasteiger charge is 2.21. The number of carbonyl (C=O) groups is 1. The number of aryl methyl sites for hydroxylation is 1. The Morgan fingerprint density at radius 3 is 2.62 bits per heavy atom. The maximum Gasteiger partial charge on any atom is 0.341 e. The van der Waals surface area contributed by atoms with E-state index in [1.54, 1.807) is 13.0 Å². The van der Waals surface area contributed by atoms with Crippen LogP contribution in [0.25, 0.3) is 0 Å². The van der Waals surface area contributed by atoms with E-state index in [-0.39, 0.29) is 23.4 Å². The number of nitrogens with zero attached hydrogens (tertiary/aromatic N) is 3. The molecule has 0 amide bonds. The van der Waals surface area contributed by atoms with Crippen molar-refractivity contribution in [3.63, 3.8) is 0 Å². The van der Waals surface area contributed by atoms with Crippen LogP contribution in [0, 0.1) is 6.92 Å². The Kier molecular flexibility index (Phi) is 3.67. The molecule has 0 spiro atoms. The maximum atomic E-state index is 12.1. The van der Waals surface area contributed by atoms with Gasteiger partial charge >= 0.3 is 5.97 Å². The van der Waals surface area contributed by atoms with Gasteiger partial charge in [0.2, 0.25) is 5.89 Å². The molecule has 0 radical (unpaired) electrons. The third kappa shape index (κ3) is 3.01.